The molecular weight excluding hydrogens is 587 g/mol. The number of methoxy groups -OCH3 is 2. The Labute approximate surface area is 258 Å². The van der Waals surface area contributed by atoms with E-state index in [4.69, 9.17) is 39.6 Å². The van der Waals surface area contributed by atoms with Crippen LogP contribution in [0.15, 0.2) is 78.9 Å². The molecule has 4 atom stereocenters. The van der Waals surface area contributed by atoms with Gasteiger partial charge in [-0.15, -0.1) is 0 Å². The summed E-state index contributed by atoms with van der Waals surface area (Å²) < 4.78 is 48.3. The summed E-state index contributed by atoms with van der Waals surface area (Å²) in [7, 11) is -0.328. The van der Waals surface area contributed by atoms with Gasteiger partial charge in [-0.2, -0.15) is 0 Å². The Bertz CT molecular complexity index is 1540. The molecular formula is C34H32ClO7P. The van der Waals surface area contributed by atoms with Crippen molar-refractivity contribution >= 4 is 19.2 Å². The normalized spacial score (nSPS) is 18.9. The van der Waals surface area contributed by atoms with Crippen LogP contribution in [-0.2, 0) is 28.7 Å². The van der Waals surface area contributed by atoms with Gasteiger partial charge in [0.15, 0.2) is 0 Å². The van der Waals surface area contributed by atoms with Crippen LogP contribution in [0.5, 0.6) is 11.5 Å². The summed E-state index contributed by atoms with van der Waals surface area (Å²) in [5.41, 5.74) is 1.64. The second-order valence-corrected chi connectivity index (χ2v) is 11.9. The van der Waals surface area contributed by atoms with E-state index in [9.17, 15) is 4.57 Å². The van der Waals surface area contributed by atoms with Crippen molar-refractivity contribution in [3.63, 3.8) is 0 Å². The van der Waals surface area contributed by atoms with Gasteiger partial charge in [-0.25, -0.2) is 4.57 Å². The molecule has 0 saturated carbocycles. The Morgan fingerprint density at radius 2 is 1.42 bits per heavy atom. The fourth-order valence-corrected chi connectivity index (χ4v) is 5.96. The van der Waals surface area contributed by atoms with Crippen molar-refractivity contribution in [3.8, 4) is 46.7 Å². The second kappa shape index (κ2) is 15.0. The zero-order chi connectivity index (χ0) is 30.7. The number of hydrogen-bond acceptors (Lipinski definition) is 7. The third-order valence-electron chi connectivity index (χ3n) is 6.85. The number of ether oxygens (including phenoxy) is 4. The maximum atomic E-state index is 13.1. The van der Waals surface area contributed by atoms with Crippen molar-refractivity contribution in [1.29, 1.82) is 0 Å². The molecule has 3 aromatic rings. The fourth-order valence-electron chi connectivity index (χ4n) is 4.94. The predicted octanol–water partition coefficient (Wildman–Crippen LogP) is 6.58. The maximum absolute atomic E-state index is 13.1. The van der Waals surface area contributed by atoms with Crippen LogP contribution in [0.4, 0.5) is 0 Å². The molecule has 0 bridgehead atoms. The lowest BCUT2D eigenvalue weighted by Gasteiger charge is -2.37. The third-order valence-corrected chi connectivity index (χ3v) is 8.02. The number of rotatable bonds is 11. The van der Waals surface area contributed by atoms with Crippen LogP contribution in [0.1, 0.15) is 30.0 Å². The zero-order valence-corrected chi connectivity index (χ0v) is 26.0. The molecule has 1 aliphatic heterocycles. The molecule has 0 amide bonds. The van der Waals surface area contributed by atoms with Crippen molar-refractivity contribution in [2.75, 3.05) is 27.5 Å². The first-order valence-corrected chi connectivity index (χ1v) is 15.9. The largest absolute Gasteiger partial charge is 0.497 e. The van der Waals surface area contributed by atoms with E-state index in [1.165, 1.54) is 6.66 Å². The van der Waals surface area contributed by atoms with E-state index in [2.05, 4.69) is 35.2 Å². The van der Waals surface area contributed by atoms with Crippen molar-refractivity contribution in [1.82, 2.24) is 0 Å². The van der Waals surface area contributed by atoms with Crippen molar-refractivity contribution in [3.05, 3.63) is 95.6 Å². The summed E-state index contributed by atoms with van der Waals surface area (Å²) in [6.07, 6.45) is 1.54. The van der Waals surface area contributed by atoms with Gasteiger partial charge in [0.05, 0.1) is 39.7 Å². The number of halogens is 1. The van der Waals surface area contributed by atoms with Crippen molar-refractivity contribution in [2.24, 2.45) is 0 Å². The Balaban J connectivity index is 1.67. The van der Waals surface area contributed by atoms with Crippen molar-refractivity contribution in [2.45, 2.75) is 37.3 Å². The molecule has 4 rings (SSSR count). The van der Waals surface area contributed by atoms with Gasteiger partial charge >= 0.3 is 7.60 Å². The van der Waals surface area contributed by atoms with Crippen LogP contribution in [0.3, 0.4) is 0 Å². The van der Waals surface area contributed by atoms with E-state index in [1.807, 2.05) is 85.8 Å². The highest BCUT2D eigenvalue weighted by Gasteiger charge is 2.43. The van der Waals surface area contributed by atoms with E-state index in [-0.39, 0.29) is 12.7 Å². The van der Waals surface area contributed by atoms with E-state index in [0.29, 0.717) is 6.42 Å². The minimum atomic E-state index is -3.58. The highest BCUT2D eigenvalue weighted by atomic mass is 35.5. The molecule has 3 aromatic carbocycles. The molecule has 1 fully saturated rings. The summed E-state index contributed by atoms with van der Waals surface area (Å²) >= 11 is 5.25. The van der Waals surface area contributed by atoms with Gasteiger partial charge in [0.25, 0.3) is 0 Å². The summed E-state index contributed by atoms with van der Waals surface area (Å²) in [6, 6.07) is 25.5. The molecule has 7 nitrogen and oxygen atoms in total. The van der Waals surface area contributed by atoms with Gasteiger partial charge in [-0.1, -0.05) is 54.6 Å². The number of hydrogen-bond donors (Lipinski definition) is 0. The van der Waals surface area contributed by atoms with Crippen molar-refractivity contribution < 1.29 is 32.6 Å². The van der Waals surface area contributed by atoms with Crippen LogP contribution < -0.4 is 9.47 Å². The van der Waals surface area contributed by atoms with E-state index in [0.717, 1.165) is 28.2 Å². The highest BCUT2D eigenvalue weighted by Crippen LogP contribution is 2.48. The molecule has 0 aromatic heterocycles. The first kappa shape index (κ1) is 32.1. The Morgan fingerprint density at radius 1 is 0.860 bits per heavy atom. The van der Waals surface area contributed by atoms with Gasteiger partial charge in [-0.3, -0.25) is 4.52 Å². The van der Waals surface area contributed by atoms with E-state index >= 15 is 0 Å². The lowest BCUT2D eigenvalue weighted by molar-refractivity contribution is -0.0771. The molecule has 0 aliphatic carbocycles. The molecule has 43 heavy (non-hydrogen) atoms. The van der Waals surface area contributed by atoms with Crippen LogP contribution >= 0.6 is 19.2 Å². The van der Waals surface area contributed by atoms with Gasteiger partial charge < -0.3 is 23.5 Å². The topological polar surface area (TPSA) is 72.5 Å². The number of benzene rings is 3. The first-order chi connectivity index (χ1) is 20.8. The maximum Gasteiger partial charge on any atom is 0.384 e. The predicted molar refractivity (Wildman–Crippen MR) is 166 cm³/mol. The van der Waals surface area contributed by atoms with Gasteiger partial charge in [0, 0.05) is 35.5 Å². The molecule has 0 radical (unpaired) electrons. The Hall–Kier alpha value is -3.86. The second-order valence-electron chi connectivity index (χ2n) is 9.74. The van der Waals surface area contributed by atoms with Gasteiger partial charge in [0.2, 0.25) is 0 Å². The van der Waals surface area contributed by atoms with Crippen LogP contribution in [0, 0.1) is 35.2 Å². The van der Waals surface area contributed by atoms with Crippen LogP contribution in [-0.4, -0.2) is 45.8 Å². The highest BCUT2D eigenvalue weighted by molar-refractivity contribution is 7.53. The SMILES string of the molecule is COc1ccc(C(OC[C@H]2O[C@@H](C)CC2OP(C)(=O)OC#CC#CC#CCl)(c2ccccc2)c2ccc(OC)cc2)cc1. The Kier molecular flexibility index (Phi) is 11.2. The first-order valence-electron chi connectivity index (χ1n) is 13.5. The lowest BCUT2D eigenvalue weighted by Crippen LogP contribution is -2.38. The minimum absolute atomic E-state index is 0.121. The summed E-state index contributed by atoms with van der Waals surface area (Å²) in [5, 5.41) is 2.12. The van der Waals surface area contributed by atoms with Crippen LogP contribution in [0.25, 0.3) is 0 Å². The van der Waals surface area contributed by atoms with E-state index in [1.54, 1.807) is 14.2 Å². The molecule has 9 heteroatoms. The molecule has 0 spiro atoms. The van der Waals surface area contributed by atoms with Gasteiger partial charge in [-0.05, 0) is 59.5 Å². The molecule has 1 aliphatic rings. The minimum Gasteiger partial charge on any atom is -0.497 e. The summed E-state index contributed by atoms with van der Waals surface area (Å²) in [6.45, 7) is 3.41. The van der Waals surface area contributed by atoms with Crippen LogP contribution in [0.2, 0.25) is 0 Å². The smallest absolute Gasteiger partial charge is 0.384 e. The zero-order valence-electron chi connectivity index (χ0n) is 24.3. The molecule has 1 heterocycles. The standard InChI is InChI=1S/C34H32ClO7P/c1-26-24-32(42-43(4,36)40-23-11-6-5-10-22-35)33(41-26)25-39-34(27-12-8-7-9-13-27,28-14-18-30(37-2)19-15-28)29-16-20-31(38-3)21-17-29/h7-9,12-21,26,32-33H,24-25H2,1-4H3/t26-,32?,33+,43?/m0/s1. The molecule has 0 N–H and O–H groups in total. The lowest BCUT2D eigenvalue weighted by atomic mass is 9.80. The fraction of sp³-hybridized carbons (Fsp3) is 0.294. The Morgan fingerprint density at radius 3 is 1.98 bits per heavy atom. The quantitative estimate of drug-likeness (QED) is 0.137. The molecule has 1 saturated heterocycles. The van der Waals surface area contributed by atoms with E-state index < -0.39 is 25.4 Å². The summed E-state index contributed by atoms with van der Waals surface area (Å²) in [4.78, 5) is 0. The van der Waals surface area contributed by atoms with Gasteiger partial charge in [0.1, 0.15) is 29.3 Å². The molecule has 222 valence electrons. The summed E-state index contributed by atoms with van der Waals surface area (Å²) in [5.74, 6) is 11.1. The average molecular weight is 619 g/mol. The third kappa shape index (κ3) is 8.16. The molecule has 2 unspecified atom stereocenters. The average Bonchev–Trinajstić information content (AvgIpc) is 3.37. The monoisotopic (exact) mass is 618 g/mol.